The van der Waals surface area contributed by atoms with Crippen molar-refractivity contribution in [1.82, 2.24) is 0 Å². The smallest absolute Gasteiger partial charge is 0.230 e. The van der Waals surface area contributed by atoms with Crippen LogP contribution >= 0.6 is 0 Å². The highest BCUT2D eigenvalue weighted by Crippen LogP contribution is 2.32. The molecular formula is C23H29N3O3. The zero-order chi connectivity index (χ0) is 21.1. The molecule has 2 N–H and O–H groups in total. The number of aromatic hydroxyl groups is 1. The molecule has 3 rings (SSSR count). The maximum Gasteiger partial charge on any atom is 0.230 e. The second-order valence-electron chi connectivity index (χ2n) is 8.05. The molecule has 2 aromatic carbocycles. The molecule has 1 atom stereocenters. The lowest BCUT2D eigenvalue weighted by atomic mass is 9.99. The number of benzene rings is 2. The Hall–Kier alpha value is -3.02. The van der Waals surface area contributed by atoms with Crippen LogP contribution in [0.4, 0.5) is 11.4 Å². The van der Waals surface area contributed by atoms with Crippen LogP contribution in [0.15, 0.2) is 41.6 Å². The molecule has 1 heterocycles. The zero-order valence-corrected chi connectivity index (χ0v) is 17.7. The van der Waals surface area contributed by atoms with Crippen molar-refractivity contribution in [3.63, 3.8) is 0 Å². The second-order valence-corrected chi connectivity index (χ2v) is 8.05. The van der Waals surface area contributed by atoms with Gasteiger partial charge in [-0.1, -0.05) is 31.1 Å². The summed E-state index contributed by atoms with van der Waals surface area (Å²) in [5, 5.41) is 17.1. The lowest BCUT2D eigenvalue weighted by Crippen LogP contribution is -2.17. The summed E-state index contributed by atoms with van der Waals surface area (Å²) in [6.45, 7) is 5.88. The molecule has 0 saturated heterocycles. The molecule has 1 aliphatic heterocycles. The molecule has 6 nitrogen and oxygen atoms in total. The average Bonchev–Trinajstić information content (AvgIpc) is 3.12. The van der Waals surface area contributed by atoms with Gasteiger partial charge in [0.2, 0.25) is 5.91 Å². The van der Waals surface area contributed by atoms with Gasteiger partial charge in [-0.05, 0) is 53.8 Å². The number of carbonyl (C=O) groups is 1. The van der Waals surface area contributed by atoms with Gasteiger partial charge in [-0.3, -0.25) is 4.79 Å². The quantitative estimate of drug-likeness (QED) is 0.693. The number of nitrogens with one attached hydrogen (secondary N) is 1. The van der Waals surface area contributed by atoms with E-state index in [-0.39, 0.29) is 30.1 Å². The number of rotatable bonds is 6. The van der Waals surface area contributed by atoms with Gasteiger partial charge in [0, 0.05) is 31.9 Å². The molecule has 0 aliphatic carbocycles. The van der Waals surface area contributed by atoms with Crippen molar-refractivity contribution in [2.24, 2.45) is 5.16 Å². The molecule has 0 aromatic heterocycles. The van der Waals surface area contributed by atoms with Crippen molar-refractivity contribution < 1.29 is 14.7 Å². The van der Waals surface area contributed by atoms with Gasteiger partial charge < -0.3 is 20.2 Å². The van der Waals surface area contributed by atoms with Crippen LogP contribution in [-0.2, 0) is 9.63 Å². The van der Waals surface area contributed by atoms with E-state index < -0.39 is 0 Å². The summed E-state index contributed by atoms with van der Waals surface area (Å²) >= 11 is 0. The molecule has 0 radical (unpaired) electrons. The highest BCUT2D eigenvalue weighted by Gasteiger charge is 2.24. The van der Waals surface area contributed by atoms with Crippen LogP contribution in [0.5, 0.6) is 5.75 Å². The van der Waals surface area contributed by atoms with Crippen molar-refractivity contribution in [2.45, 2.75) is 45.6 Å². The van der Waals surface area contributed by atoms with Crippen LogP contribution in [0, 0.1) is 6.92 Å². The first-order valence-corrected chi connectivity index (χ1v) is 9.86. The number of phenolic OH excluding ortho intramolecular Hbond substituents is 1. The topological polar surface area (TPSA) is 74.2 Å². The minimum absolute atomic E-state index is 0.139. The van der Waals surface area contributed by atoms with E-state index in [9.17, 15) is 9.90 Å². The van der Waals surface area contributed by atoms with Crippen molar-refractivity contribution in [3.05, 3.63) is 53.1 Å². The highest BCUT2D eigenvalue weighted by molar-refractivity contribution is 6.07. The Morgan fingerprint density at radius 1 is 1.28 bits per heavy atom. The van der Waals surface area contributed by atoms with Gasteiger partial charge >= 0.3 is 0 Å². The molecule has 154 valence electrons. The fourth-order valence-corrected chi connectivity index (χ4v) is 3.38. The van der Waals surface area contributed by atoms with Gasteiger partial charge in [0.15, 0.2) is 6.10 Å². The Balaban J connectivity index is 1.60. The predicted molar refractivity (Wildman–Crippen MR) is 117 cm³/mol. The molecule has 29 heavy (non-hydrogen) atoms. The maximum atomic E-state index is 12.5. The Morgan fingerprint density at radius 3 is 2.59 bits per heavy atom. The van der Waals surface area contributed by atoms with Crippen molar-refractivity contribution in [2.75, 3.05) is 24.3 Å². The molecule has 0 spiro atoms. The van der Waals surface area contributed by atoms with Crippen LogP contribution in [0.2, 0.25) is 0 Å². The van der Waals surface area contributed by atoms with E-state index >= 15 is 0 Å². The van der Waals surface area contributed by atoms with E-state index in [0.29, 0.717) is 12.1 Å². The third kappa shape index (κ3) is 4.88. The Labute approximate surface area is 172 Å². The summed E-state index contributed by atoms with van der Waals surface area (Å²) in [6, 6.07) is 11.7. The molecule has 6 heteroatoms. The summed E-state index contributed by atoms with van der Waals surface area (Å²) in [5.74, 6) is 0.283. The molecule has 1 unspecified atom stereocenters. The van der Waals surface area contributed by atoms with Crippen LogP contribution in [-0.4, -0.2) is 30.8 Å². The summed E-state index contributed by atoms with van der Waals surface area (Å²) in [5.41, 5.74) is 5.25. The number of aryl methyl sites for hydroxylation is 1. The largest absolute Gasteiger partial charge is 0.508 e. The number of nitrogens with zero attached hydrogens (tertiary/aromatic N) is 2. The summed E-state index contributed by atoms with van der Waals surface area (Å²) in [7, 11) is 4.00. The minimum Gasteiger partial charge on any atom is -0.508 e. The first-order valence-electron chi connectivity index (χ1n) is 9.86. The predicted octanol–water partition coefficient (Wildman–Crippen LogP) is 4.74. The Morgan fingerprint density at radius 2 is 1.97 bits per heavy atom. The number of oxime groups is 1. The van der Waals surface area contributed by atoms with E-state index in [1.807, 2.05) is 70.1 Å². The second kappa shape index (κ2) is 8.55. The number of carbonyl (C=O) groups excluding carboxylic acids is 1. The lowest BCUT2D eigenvalue weighted by molar-refractivity contribution is -0.115. The number of phenols is 1. The van der Waals surface area contributed by atoms with Gasteiger partial charge in [0.1, 0.15) is 5.75 Å². The molecule has 0 fully saturated rings. The minimum atomic E-state index is -0.156. The maximum absolute atomic E-state index is 12.5. The highest BCUT2D eigenvalue weighted by atomic mass is 16.6. The molecule has 0 bridgehead atoms. The van der Waals surface area contributed by atoms with Crippen LogP contribution in [0.3, 0.4) is 0 Å². The fourth-order valence-electron chi connectivity index (χ4n) is 3.38. The third-order valence-corrected chi connectivity index (χ3v) is 5.15. The monoisotopic (exact) mass is 395 g/mol. The van der Waals surface area contributed by atoms with Gasteiger partial charge in [0.25, 0.3) is 0 Å². The molecule has 2 aromatic rings. The Bertz CT molecular complexity index is 918. The van der Waals surface area contributed by atoms with Crippen molar-refractivity contribution >= 4 is 23.0 Å². The molecular weight excluding hydrogens is 366 g/mol. The number of anilines is 2. The van der Waals surface area contributed by atoms with Crippen LogP contribution < -0.4 is 10.2 Å². The molecule has 0 saturated carbocycles. The summed E-state index contributed by atoms with van der Waals surface area (Å²) in [4.78, 5) is 20.1. The fraction of sp³-hybridized carbons (Fsp3) is 0.391. The number of amides is 1. The first-order chi connectivity index (χ1) is 13.7. The van der Waals surface area contributed by atoms with Gasteiger partial charge in [-0.25, -0.2) is 0 Å². The van der Waals surface area contributed by atoms with E-state index in [2.05, 4.69) is 10.5 Å². The van der Waals surface area contributed by atoms with Crippen molar-refractivity contribution in [1.29, 1.82) is 0 Å². The van der Waals surface area contributed by atoms with Gasteiger partial charge in [-0.2, -0.15) is 0 Å². The number of hydrogen-bond donors (Lipinski definition) is 2. The van der Waals surface area contributed by atoms with E-state index in [0.717, 1.165) is 28.1 Å². The summed E-state index contributed by atoms with van der Waals surface area (Å²) < 4.78 is 0. The molecule has 1 aliphatic rings. The van der Waals surface area contributed by atoms with Crippen LogP contribution in [0.1, 0.15) is 55.4 Å². The number of hydrogen-bond acceptors (Lipinski definition) is 5. The Kier molecular flexibility index (Phi) is 6.11. The summed E-state index contributed by atoms with van der Waals surface area (Å²) in [6.07, 6.45) is 0.626. The van der Waals surface area contributed by atoms with Crippen LogP contribution in [0.25, 0.3) is 0 Å². The third-order valence-electron chi connectivity index (χ3n) is 5.15. The standard InChI is InChI=1S/C23H29N3O3/c1-14(2)19-13-20(15(3)10-21(19)27)24-23(28)12-17-11-22(29-25-17)16-6-8-18(9-7-16)26(4)5/h6-10,13-14,22,27H,11-12H2,1-5H3,(H,24,28). The SMILES string of the molecule is Cc1cc(O)c(C(C)C)cc1NC(=O)CC1=NOC(c2ccc(N(C)C)cc2)C1. The zero-order valence-electron chi connectivity index (χ0n) is 17.7. The lowest BCUT2D eigenvalue weighted by Gasteiger charge is -2.15. The molecule has 1 amide bonds. The van der Waals surface area contributed by atoms with E-state index in [1.165, 1.54) is 0 Å². The first kappa shape index (κ1) is 20.7. The average molecular weight is 396 g/mol. The van der Waals surface area contributed by atoms with Crippen molar-refractivity contribution in [3.8, 4) is 5.75 Å². The van der Waals surface area contributed by atoms with Gasteiger partial charge in [-0.15, -0.1) is 0 Å². The van der Waals surface area contributed by atoms with E-state index in [4.69, 9.17) is 4.84 Å². The normalized spacial score (nSPS) is 15.8. The van der Waals surface area contributed by atoms with Gasteiger partial charge in [0.05, 0.1) is 12.1 Å². The van der Waals surface area contributed by atoms with E-state index in [1.54, 1.807) is 6.07 Å².